The number of hydrogen-bond donors (Lipinski definition) is 1. The molecule has 3 nitrogen and oxygen atoms in total. The second-order valence-corrected chi connectivity index (χ2v) is 5.87. The van der Waals surface area contributed by atoms with Gasteiger partial charge in [-0.3, -0.25) is 0 Å². The molecule has 110 valence electrons. The highest BCUT2D eigenvalue weighted by atomic mass is 16.5. The molecule has 0 bridgehead atoms. The predicted molar refractivity (Wildman–Crippen MR) is 80.4 cm³/mol. The highest BCUT2D eigenvalue weighted by Gasteiger charge is 2.24. The molecule has 0 saturated carbocycles. The van der Waals surface area contributed by atoms with Gasteiger partial charge in [0.05, 0.1) is 13.2 Å². The largest absolute Gasteiger partial charge is 0.493 e. The average Bonchev–Trinajstić information content (AvgIpc) is 3.13. The SMILES string of the molecule is CCNC(CCc1ccc2c(c1)CCO2)C1CCOC1. The summed E-state index contributed by atoms with van der Waals surface area (Å²) >= 11 is 0. The molecule has 1 N–H and O–H groups in total. The van der Waals surface area contributed by atoms with Gasteiger partial charge in [0.1, 0.15) is 5.75 Å². The van der Waals surface area contributed by atoms with Crippen LogP contribution < -0.4 is 10.1 Å². The van der Waals surface area contributed by atoms with E-state index in [1.165, 1.54) is 24.0 Å². The van der Waals surface area contributed by atoms with Crippen LogP contribution in [0.15, 0.2) is 18.2 Å². The van der Waals surface area contributed by atoms with Crippen LogP contribution in [0.1, 0.15) is 30.9 Å². The van der Waals surface area contributed by atoms with E-state index in [9.17, 15) is 0 Å². The van der Waals surface area contributed by atoms with E-state index in [2.05, 4.69) is 30.4 Å². The van der Waals surface area contributed by atoms with Crippen molar-refractivity contribution in [3.63, 3.8) is 0 Å². The molecule has 0 aliphatic carbocycles. The molecule has 0 spiro atoms. The van der Waals surface area contributed by atoms with Crippen molar-refractivity contribution < 1.29 is 9.47 Å². The third kappa shape index (κ3) is 3.15. The van der Waals surface area contributed by atoms with Crippen molar-refractivity contribution in [1.29, 1.82) is 0 Å². The molecule has 1 fully saturated rings. The number of hydrogen-bond acceptors (Lipinski definition) is 3. The standard InChI is InChI=1S/C17H25NO2/c1-2-18-16(15-7-9-19-12-15)5-3-13-4-6-17-14(11-13)8-10-20-17/h4,6,11,15-16,18H,2-3,5,7-10,12H2,1H3. The summed E-state index contributed by atoms with van der Waals surface area (Å²) in [6.45, 7) is 5.94. The molecule has 1 saturated heterocycles. The summed E-state index contributed by atoms with van der Waals surface area (Å²) in [5.74, 6) is 1.77. The Labute approximate surface area is 121 Å². The fraction of sp³-hybridized carbons (Fsp3) is 0.647. The van der Waals surface area contributed by atoms with Gasteiger partial charge in [0.2, 0.25) is 0 Å². The van der Waals surface area contributed by atoms with E-state index in [0.29, 0.717) is 12.0 Å². The van der Waals surface area contributed by atoms with Gasteiger partial charge in [-0.15, -0.1) is 0 Å². The lowest BCUT2D eigenvalue weighted by Gasteiger charge is -2.23. The third-order valence-electron chi connectivity index (χ3n) is 4.50. The van der Waals surface area contributed by atoms with Crippen molar-refractivity contribution in [2.45, 2.75) is 38.6 Å². The Bertz CT molecular complexity index is 441. The molecule has 2 aliphatic rings. The van der Waals surface area contributed by atoms with Crippen LogP contribution in [0, 0.1) is 5.92 Å². The Kier molecular flexibility index (Phi) is 4.58. The molecular weight excluding hydrogens is 250 g/mol. The first-order chi connectivity index (χ1) is 9.86. The lowest BCUT2D eigenvalue weighted by atomic mass is 9.92. The van der Waals surface area contributed by atoms with Crippen molar-refractivity contribution >= 4 is 0 Å². The number of aryl methyl sites for hydroxylation is 1. The van der Waals surface area contributed by atoms with Crippen LogP contribution in [0.25, 0.3) is 0 Å². The van der Waals surface area contributed by atoms with E-state index in [4.69, 9.17) is 9.47 Å². The van der Waals surface area contributed by atoms with Crippen LogP contribution in [-0.2, 0) is 17.6 Å². The number of ether oxygens (including phenoxy) is 2. The number of nitrogens with one attached hydrogen (secondary N) is 1. The summed E-state index contributed by atoms with van der Waals surface area (Å²) in [5, 5.41) is 3.64. The molecule has 1 aromatic rings. The van der Waals surface area contributed by atoms with Gasteiger partial charge in [-0.1, -0.05) is 19.1 Å². The van der Waals surface area contributed by atoms with Crippen molar-refractivity contribution in [1.82, 2.24) is 5.32 Å². The predicted octanol–water partition coefficient (Wildman–Crippen LogP) is 2.57. The van der Waals surface area contributed by atoms with Crippen LogP contribution in [0.4, 0.5) is 0 Å². The van der Waals surface area contributed by atoms with Crippen molar-refractivity contribution in [2.24, 2.45) is 5.92 Å². The first-order valence-electron chi connectivity index (χ1n) is 7.92. The summed E-state index contributed by atoms with van der Waals surface area (Å²) in [6, 6.07) is 7.28. The second kappa shape index (κ2) is 6.59. The summed E-state index contributed by atoms with van der Waals surface area (Å²) in [7, 11) is 0. The number of benzene rings is 1. The van der Waals surface area contributed by atoms with E-state index in [1.807, 2.05) is 0 Å². The van der Waals surface area contributed by atoms with E-state index in [-0.39, 0.29) is 0 Å². The zero-order valence-electron chi connectivity index (χ0n) is 12.4. The van der Waals surface area contributed by atoms with Gasteiger partial charge < -0.3 is 14.8 Å². The average molecular weight is 275 g/mol. The minimum atomic E-state index is 0.590. The molecular formula is C17H25NO2. The lowest BCUT2D eigenvalue weighted by Crippen LogP contribution is -2.36. The van der Waals surface area contributed by atoms with Gasteiger partial charge in [0.15, 0.2) is 0 Å². The minimum Gasteiger partial charge on any atom is -0.493 e. The van der Waals surface area contributed by atoms with Crippen molar-refractivity contribution in [3.8, 4) is 5.75 Å². The Balaban J connectivity index is 1.58. The zero-order valence-corrected chi connectivity index (χ0v) is 12.4. The summed E-state index contributed by atoms with van der Waals surface area (Å²) in [4.78, 5) is 0. The normalized spacial score (nSPS) is 22.6. The second-order valence-electron chi connectivity index (χ2n) is 5.87. The Morgan fingerprint density at radius 2 is 2.30 bits per heavy atom. The van der Waals surface area contributed by atoms with Crippen LogP contribution in [0.2, 0.25) is 0 Å². The monoisotopic (exact) mass is 275 g/mol. The minimum absolute atomic E-state index is 0.590. The molecule has 2 unspecified atom stereocenters. The maximum atomic E-state index is 5.57. The Hall–Kier alpha value is -1.06. The highest BCUT2D eigenvalue weighted by molar-refractivity contribution is 5.39. The van der Waals surface area contributed by atoms with Gasteiger partial charge in [0.25, 0.3) is 0 Å². The fourth-order valence-electron chi connectivity index (χ4n) is 3.35. The van der Waals surface area contributed by atoms with Crippen LogP contribution >= 0.6 is 0 Å². The van der Waals surface area contributed by atoms with Crippen LogP contribution in [0.5, 0.6) is 5.75 Å². The van der Waals surface area contributed by atoms with E-state index < -0.39 is 0 Å². The van der Waals surface area contributed by atoms with E-state index in [1.54, 1.807) is 0 Å². The molecule has 0 amide bonds. The lowest BCUT2D eigenvalue weighted by molar-refractivity contribution is 0.175. The smallest absolute Gasteiger partial charge is 0.122 e. The topological polar surface area (TPSA) is 30.5 Å². The van der Waals surface area contributed by atoms with Gasteiger partial charge in [0, 0.05) is 19.1 Å². The molecule has 1 aromatic carbocycles. The summed E-state index contributed by atoms with van der Waals surface area (Å²) < 4.78 is 11.1. The number of rotatable bonds is 6. The quantitative estimate of drug-likeness (QED) is 0.865. The summed E-state index contributed by atoms with van der Waals surface area (Å²) in [6.07, 6.45) is 4.61. The van der Waals surface area contributed by atoms with Gasteiger partial charge in [-0.05, 0) is 48.9 Å². The molecule has 3 rings (SSSR count). The van der Waals surface area contributed by atoms with E-state index >= 15 is 0 Å². The number of fused-ring (bicyclic) bond motifs is 1. The molecule has 20 heavy (non-hydrogen) atoms. The van der Waals surface area contributed by atoms with Crippen molar-refractivity contribution in [3.05, 3.63) is 29.3 Å². The van der Waals surface area contributed by atoms with Crippen LogP contribution in [0.3, 0.4) is 0 Å². The maximum Gasteiger partial charge on any atom is 0.122 e. The summed E-state index contributed by atoms with van der Waals surface area (Å²) in [5.41, 5.74) is 2.82. The van der Waals surface area contributed by atoms with Gasteiger partial charge in [-0.2, -0.15) is 0 Å². The van der Waals surface area contributed by atoms with Gasteiger partial charge in [-0.25, -0.2) is 0 Å². The zero-order chi connectivity index (χ0) is 13.8. The molecule has 0 aromatic heterocycles. The Morgan fingerprint density at radius 1 is 1.35 bits per heavy atom. The highest BCUT2D eigenvalue weighted by Crippen LogP contribution is 2.27. The molecule has 3 heteroatoms. The van der Waals surface area contributed by atoms with E-state index in [0.717, 1.165) is 45.0 Å². The fourth-order valence-corrected chi connectivity index (χ4v) is 3.35. The van der Waals surface area contributed by atoms with Crippen LogP contribution in [-0.4, -0.2) is 32.4 Å². The third-order valence-corrected chi connectivity index (χ3v) is 4.50. The first kappa shape index (κ1) is 13.9. The first-order valence-corrected chi connectivity index (χ1v) is 7.92. The molecule has 0 radical (unpaired) electrons. The van der Waals surface area contributed by atoms with Gasteiger partial charge >= 0.3 is 0 Å². The molecule has 2 aliphatic heterocycles. The van der Waals surface area contributed by atoms with Crippen molar-refractivity contribution in [2.75, 3.05) is 26.4 Å². The molecule has 2 atom stereocenters. The molecule has 2 heterocycles. The maximum absolute atomic E-state index is 5.57. The Morgan fingerprint density at radius 3 is 3.10 bits per heavy atom.